The Kier molecular flexibility index (Phi) is 7.97. The molecule has 2 fully saturated rings. The molecule has 1 aliphatic carbocycles. The van der Waals surface area contributed by atoms with Crippen LogP contribution in [0.25, 0.3) is 11.0 Å². The predicted octanol–water partition coefficient (Wildman–Crippen LogP) is 4.31. The van der Waals surface area contributed by atoms with Gasteiger partial charge < -0.3 is 20.0 Å². The second kappa shape index (κ2) is 11.3. The first-order chi connectivity index (χ1) is 19.0. The number of imidazole rings is 1. The van der Waals surface area contributed by atoms with E-state index in [1.165, 1.54) is 24.3 Å². The zero-order valence-corrected chi connectivity index (χ0v) is 23.8. The van der Waals surface area contributed by atoms with Gasteiger partial charge in [0, 0.05) is 49.1 Å². The van der Waals surface area contributed by atoms with Crippen LogP contribution in [0.2, 0.25) is 0 Å². The summed E-state index contributed by atoms with van der Waals surface area (Å²) in [5.74, 6) is -0.492. The Hall–Kier alpha value is -3.30. The Bertz CT molecular complexity index is 1440. The molecular weight excluding hydrogens is 509 g/mol. The first-order valence-electron chi connectivity index (χ1n) is 14.3. The standard InChI is InChI=1S/C31H40FN5O3/c1-19(2)33-28(38)22-8-12-25(13-9-22)37-27-15-20(16-36-17-23(18-36)31(3,4)40)5-14-26(27)34-30(37)35-29(39)21-6-10-24(32)11-7-21/h5-7,10-11,14-15,19,22-23,25,40H,8-9,12-13,16-18H2,1-4H3,(H,33,38)(H,34,35,39). The number of fused-ring (bicyclic) bond motifs is 1. The number of hydrogen-bond acceptors (Lipinski definition) is 4. The molecule has 214 valence electrons. The van der Waals surface area contributed by atoms with Gasteiger partial charge in [0.05, 0.1) is 16.6 Å². The van der Waals surface area contributed by atoms with E-state index in [0.29, 0.717) is 11.2 Å². The Balaban J connectivity index is 1.45. The van der Waals surface area contributed by atoms with Crippen molar-refractivity contribution in [2.45, 2.75) is 77.6 Å². The largest absolute Gasteiger partial charge is 0.390 e. The Morgan fingerprint density at radius 3 is 2.40 bits per heavy atom. The Morgan fingerprint density at radius 1 is 1.10 bits per heavy atom. The summed E-state index contributed by atoms with van der Waals surface area (Å²) >= 11 is 0. The van der Waals surface area contributed by atoms with Gasteiger partial charge in [-0.15, -0.1) is 0 Å². The number of H-pyrrole nitrogens is 1. The summed E-state index contributed by atoms with van der Waals surface area (Å²) in [5.41, 5.74) is 3.10. The molecule has 2 amide bonds. The smallest absolute Gasteiger partial charge is 0.280 e. The van der Waals surface area contributed by atoms with Crippen LogP contribution in [0.3, 0.4) is 0 Å². The number of halogens is 1. The highest BCUT2D eigenvalue weighted by Gasteiger charge is 2.37. The lowest BCUT2D eigenvalue weighted by Gasteiger charge is -2.45. The third-order valence-corrected chi connectivity index (χ3v) is 8.32. The fraction of sp³-hybridized carbons (Fsp3) is 0.516. The molecule has 0 unspecified atom stereocenters. The second-order valence-corrected chi connectivity index (χ2v) is 12.3. The summed E-state index contributed by atoms with van der Waals surface area (Å²) in [6.07, 6.45) is 3.12. The van der Waals surface area contributed by atoms with Gasteiger partial charge in [-0.05, 0) is 95.3 Å². The summed E-state index contributed by atoms with van der Waals surface area (Å²) in [5, 5.41) is 13.3. The molecule has 5 rings (SSSR count). The second-order valence-electron chi connectivity index (χ2n) is 12.3. The minimum Gasteiger partial charge on any atom is -0.390 e. The zero-order valence-electron chi connectivity index (χ0n) is 23.8. The molecule has 3 aromatic rings. The molecule has 2 heterocycles. The van der Waals surface area contributed by atoms with Crippen LogP contribution in [0.15, 0.2) is 47.5 Å². The van der Waals surface area contributed by atoms with Gasteiger partial charge in [-0.3, -0.25) is 14.5 Å². The summed E-state index contributed by atoms with van der Waals surface area (Å²) in [6, 6.07) is 11.9. The maximum Gasteiger partial charge on any atom is 0.280 e. The van der Waals surface area contributed by atoms with Crippen molar-refractivity contribution >= 4 is 22.8 Å². The third-order valence-electron chi connectivity index (χ3n) is 8.32. The molecule has 3 N–H and O–H groups in total. The minimum atomic E-state index is -0.678. The molecule has 8 nitrogen and oxygen atoms in total. The predicted molar refractivity (Wildman–Crippen MR) is 152 cm³/mol. The number of aliphatic hydroxyl groups is 1. The molecule has 2 aromatic carbocycles. The van der Waals surface area contributed by atoms with Gasteiger partial charge in [-0.1, -0.05) is 6.07 Å². The lowest BCUT2D eigenvalue weighted by Crippen LogP contribution is -2.55. The summed E-state index contributed by atoms with van der Waals surface area (Å²) < 4.78 is 15.5. The maximum absolute atomic E-state index is 13.4. The van der Waals surface area contributed by atoms with Gasteiger partial charge >= 0.3 is 0 Å². The van der Waals surface area contributed by atoms with Gasteiger partial charge in [0.25, 0.3) is 5.91 Å². The van der Waals surface area contributed by atoms with Crippen molar-refractivity contribution in [3.63, 3.8) is 0 Å². The van der Waals surface area contributed by atoms with Crippen LogP contribution in [-0.2, 0) is 11.3 Å². The number of benzene rings is 2. The lowest BCUT2D eigenvalue weighted by atomic mass is 9.84. The van der Waals surface area contributed by atoms with E-state index in [1.54, 1.807) is 0 Å². The minimum absolute atomic E-state index is 0.0172. The van der Waals surface area contributed by atoms with E-state index >= 15 is 0 Å². The van der Waals surface area contributed by atoms with E-state index in [9.17, 15) is 19.1 Å². The molecule has 1 aliphatic heterocycles. The first kappa shape index (κ1) is 28.2. The van der Waals surface area contributed by atoms with Crippen molar-refractivity contribution < 1.29 is 19.1 Å². The number of likely N-dealkylation sites (tertiary alicyclic amines) is 1. The molecule has 2 aliphatic rings. The van der Waals surface area contributed by atoms with Gasteiger partial charge in [0.2, 0.25) is 11.5 Å². The SMILES string of the molecule is CC(C)NC(=O)C1CCC(n2/c(=N\C(=O)c3ccc(F)cc3)[nH]c3ccc(CN4CC(C(C)(C)O)C4)cc32)CC1. The number of aromatic amines is 1. The van der Waals surface area contributed by atoms with Crippen LogP contribution in [0.4, 0.5) is 4.39 Å². The fourth-order valence-electron chi connectivity index (χ4n) is 5.88. The lowest BCUT2D eigenvalue weighted by molar-refractivity contribution is -0.126. The number of aromatic nitrogens is 2. The van der Waals surface area contributed by atoms with Crippen molar-refractivity contribution in [2.75, 3.05) is 13.1 Å². The molecule has 0 radical (unpaired) electrons. The molecule has 40 heavy (non-hydrogen) atoms. The fourth-order valence-corrected chi connectivity index (χ4v) is 5.88. The number of nitrogens with zero attached hydrogens (tertiary/aromatic N) is 3. The van der Waals surface area contributed by atoms with Crippen molar-refractivity contribution in [3.8, 4) is 0 Å². The quantitative estimate of drug-likeness (QED) is 0.409. The topological polar surface area (TPSA) is 103 Å². The summed E-state index contributed by atoms with van der Waals surface area (Å²) in [4.78, 5) is 35.8. The highest BCUT2D eigenvalue weighted by atomic mass is 19.1. The van der Waals surface area contributed by atoms with E-state index in [2.05, 4.69) is 36.9 Å². The van der Waals surface area contributed by atoms with Gasteiger partial charge in [-0.2, -0.15) is 4.99 Å². The average molecular weight is 550 g/mol. The van der Waals surface area contributed by atoms with Crippen LogP contribution in [0.5, 0.6) is 0 Å². The van der Waals surface area contributed by atoms with Crippen LogP contribution in [0.1, 0.15) is 75.3 Å². The molecular formula is C31H40FN5O3. The Morgan fingerprint density at radius 2 is 1.77 bits per heavy atom. The number of carbonyl (C=O) groups excluding carboxylic acids is 2. The number of rotatable bonds is 7. The van der Waals surface area contributed by atoms with Crippen LogP contribution in [0, 0.1) is 17.7 Å². The van der Waals surface area contributed by atoms with Gasteiger partial charge in [0.15, 0.2) is 0 Å². The molecule has 1 saturated heterocycles. The third kappa shape index (κ3) is 6.20. The first-order valence-corrected chi connectivity index (χ1v) is 14.3. The number of carbonyl (C=O) groups is 2. The maximum atomic E-state index is 13.4. The highest BCUT2D eigenvalue weighted by Crippen LogP contribution is 2.34. The zero-order chi connectivity index (χ0) is 28.6. The summed E-state index contributed by atoms with van der Waals surface area (Å²) in [6.45, 7) is 10.1. The average Bonchev–Trinajstić information content (AvgIpc) is 3.22. The van der Waals surface area contributed by atoms with Gasteiger partial charge in [-0.25, -0.2) is 4.39 Å². The van der Waals surface area contributed by atoms with Crippen LogP contribution < -0.4 is 10.9 Å². The Labute approximate surface area is 234 Å². The van der Waals surface area contributed by atoms with E-state index in [0.717, 1.165) is 61.9 Å². The number of amides is 2. The normalized spacial score (nSPS) is 21.1. The van der Waals surface area contributed by atoms with Crippen molar-refractivity contribution in [1.29, 1.82) is 0 Å². The molecule has 0 spiro atoms. The molecule has 9 heteroatoms. The van der Waals surface area contributed by atoms with Crippen LogP contribution in [-0.4, -0.2) is 56.1 Å². The van der Waals surface area contributed by atoms with E-state index in [1.807, 2.05) is 33.8 Å². The summed E-state index contributed by atoms with van der Waals surface area (Å²) in [7, 11) is 0. The van der Waals surface area contributed by atoms with Gasteiger partial charge in [0.1, 0.15) is 5.82 Å². The van der Waals surface area contributed by atoms with E-state index in [-0.39, 0.29) is 29.8 Å². The van der Waals surface area contributed by atoms with E-state index < -0.39 is 17.3 Å². The van der Waals surface area contributed by atoms with E-state index in [4.69, 9.17) is 0 Å². The number of nitrogens with one attached hydrogen (secondary N) is 2. The molecule has 1 aromatic heterocycles. The number of hydrogen-bond donors (Lipinski definition) is 3. The molecule has 0 atom stereocenters. The molecule has 1 saturated carbocycles. The highest BCUT2D eigenvalue weighted by molar-refractivity contribution is 5.95. The molecule has 0 bridgehead atoms. The van der Waals surface area contributed by atoms with Crippen LogP contribution >= 0.6 is 0 Å². The van der Waals surface area contributed by atoms with Crippen molar-refractivity contribution in [2.24, 2.45) is 16.8 Å². The monoisotopic (exact) mass is 549 g/mol. The van der Waals surface area contributed by atoms with Crippen molar-refractivity contribution in [3.05, 3.63) is 65.0 Å². The van der Waals surface area contributed by atoms with Crippen molar-refractivity contribution in [1.82, 2.24) is 19.8 Å².